The molecule has 0 spiro atoms. The minimum atomic E-state index is -0.874. The van der Waals surface area contributed by atoms with E-state index in [-0.39, 0.29) is 24.3 Å². The first-order valence-corrected chi connectivity index (χ1v) is 9.09. The standard InChI is InChI=1S/C22H19FN2O5/c23-15-6-8-16(9-7-15)25(12-11-19(24)26)20(27)13-30-22(29)18-10-5-14-3-1-2-4-17(14)21(18)28/h1-10,28H,11-13H2,(H2,24,26). The smallest absolute Gasteiger partial charge is 0.342 e. The average Bonchev–Trinajstić information content (AvgIpc) is 2.73. The number of hydrogen-bond donors (Lipinski definition) is 2. The van der Waals surface area contributed by atoms with Crippen LogP contribution in [0.25, 0.3) is 10.8 Å². The lowest BCUT2D eigenvalue weighted by Crippen LogP contribution is -2.37. The Labute approximate surface area is 171 Å². The van der Waals surface area contributed by atoms with Crippen LogP contribution in [0.1, 0.15) is 16.8 Å². The van der Waals surface area contributed by atoms with Gasteiger partial charge in [-0.15, -0.1) is 0 Å². The van der Waals surface area contributed by atoms with Crippen molar-refractivity contribution in [1.29, 1.82) is 0 Å². The van der Waals surface area contributed by atoms with Gasteiger partial charge in [-0.25, -0.2) is 9.18 Å². The summed E-state index contributed by atoms with van der Waals surface area (Å²) in [6.45, 7) is -0.695. The van der Waals surface area contributed by atoms with Gasteiger partial charge in [0.1, 0.15) is 17.1 Å². The molecule has 3 aromatic carbocycles. The highest BCUT2D eigenvalue weighted by atomic mass is 19.1. The molecule has 2 amide bonds. The van der Waals surface area contributed by atoms with Crippen LogP contribution in [0.2, 0.25) is 0 Å². The molecule has 3 aromatic rings. The van der Waals surface area contributed by atoms with E-state index in [1.54, 1.807) is 30.3 Å². The third kappa shape index (κ3) is 4.72. The molecule has 0 aliphatic rings. The van der Waals surface area contributed by atoms with Crippen LogP contribution in [0.3, 0.4) is 0 Å². The summed E-state index contributed by atoms with van der Waals surface area (Å²) in [4.78, 5) is 37.3. The van der Waals surface area contributed by atoms with Crippen molar-refractivity contribution in [2.75, 3.05) is 18.1 Å². The number of anilines is 1. The number of aromatic hydroxyl groups is 1. The van der Waals surface area contributed by atoms with Crippen LogP contribution in [0.4, 0.5) is 10.1 Å². The van der Waals surface area contributed by atoms with E-state index in [0.29, 0.717) is 11.1 Å². The summed E-state index contributed by atoms with van der Waals surface area (Å²) in [6, 6.07) is 15.1. The largest absolute Gasteiger partial charge is 0.506 e. The van der Waals surface area contributed by atoms with Gasteiger partial charge in [0.05, 0.1) is 0 Å². The van der Waals surface area contributed by atoms with Crippen LogP contribution >= 0.6 is 0 Å². The minimum Gasteiger partial charge on any atom is -0.506 e. The van der Waals surface area contributed by atoms with Crippen molar-refractivity contribution in [2.24, 2.45) is 5.73 Å². The Hall–Kier alpha value is -3.94. The summed E-state index contributed by atoms with van der Waals surface area (Å²) >= 11 is 0. The predicted molar refractivity (Wildman–Crippen MR) is 108 cm³/mol. The second kappa shape index (κ2) is 9.04. The highest BCUT2D eigenvalue weighted by Crippen LogP contribution is 2.29. The number of amides is 2. The zero-order valence-electron chi connectivity index (χ0n) is 15.9. The molecule has 0 aliphatic heterocycles. The predicted octanol–water partition coefficient (Wildman–Crippen LogP) is 2.75. The third-order valence-electron chi connectivity index (χ3n) is 4.47. The van der Waals surface area contributed by atoms with Crippen molar-refractivity contribution >= 4 is 34.2 Å². The molecule has 0 saturated heterocycles. The number of primary amides is 1. The van der Waals surface area contributed by atoms with E-state index in [4.69, 9.17) is 10.5 Å². The van der Waals surface area contributed by atoms with Crippen molar-refractivity contribution in [3.05, 3.63) is 72.0 Å². The van der Waals surface area contributed by atoms with Crippen molar-refractivity contribution in [2.45, 2.75) is 6.42 Å². The molecule has 0 atom stereocenters. The second-order valence-corrected chi connectivity index (χ2v) is 6.50. The Morgan fingerprint density at radius 2 is 1.70 bits per heavy atom. The summed E-state index contributed by atoms with van der Waals surface area (Å²) in [6.07, 6.45) is -0.122. The maximum absolute atomic E-state index is 13.2. The number of nitrogens with zero attached hydrogens (tertiary/aromatic N) is 1. The molecule has 0 unspecified atom stereocenters. The van der Waals surface area contributed by atoms with E-state index in [9.17, 15) is 23.9 Å². The Balaban J connectivity index is 1.74. The third-order valence-corrected chi connectivity index (χ3v) is 4.47. The van der Waals surface area contributed by atoms with E-state index < -0.39 is 30.2 Å². The quantitative estimate of drug-likeness (QED) is 0.582. The van der Waals surface area contributed by atoms with Crippen LogP contribution < -0.4 is 10.6 Å². The molecule has 0 heterocycles. The first-order valence-electron chi connectivity index (χ1n) is 9.09. The van der Waals surface area contributed by atoms with E-state index in [1.807, 2.05) is 0 Å². The van der Waals surface area contributed by atoms with Gasteiger partial charge in [0.25, 0.3) is 5.91 Å². The van der Waals surface area contributed by atoms with Gasteiger partial charge in [0.2, 0.25) is 5.91 Å². The number of hydrogen-bond acceptors (Lipinski definition) is 5. The normalized spacial score (nSPS) is 10.6. The van der Waals surface area contributed by atoms with E-state index in [0.717, 1.165) is 5.39 Å². The summed E-state index contributed by atoms with van der Waals surface area (Å²) < 4.78 is 18.3. The zero-order valence-corrected chi connectivity index (χ0v) is 15.9. The molecule has 3 N–H and O–H groups in total. The average molecular weight is 410 g/mol. The number of ether oxygens (including phenoxy) is 1. The Bertz CT molecular complexity index is 1100. The lowest BCUT2D eigenvalue weighted by atomic mass is 10.1. The molecule has 0 radical (unpaired) electrons. The first kappa shape index (κ1) is 20.8. The number of halogens is 1. The van der Waals surface area contributed by atoms with E-state index in [2.05, 4.69) is 0 Å². The number of carbonyl (C=O) groups excluding carboxylic acids is 3. The number of phenolic OH excluding ortho intramolecular Hbond substituents is 1. The number of benzene rings is 3. The van der Waals surface area contributed by atoms with Gasteiger partial charge in [-0.1, -0.05) is 30.3 Å². The molecule has 0 saturated carbocycles. The van der Waals surface area contributed by atoms with Crippen LogP contribution in [-0.2, 0) is 14.3 Å². The summed E-state index contributed by atoms with van der Waals surface area (Å²) in [5.74, 6) is -2.85. The Kier molecular flexibility index (Phi) is 6.26. The van der Waals surface area contributed by atoms with Crippen molar-refractivity contribution in [3.8, 4) is 5.75 Å². The van der Waals surface area contributed by atoms with Crippen molar-refractivity contribution in [3.63, 3.8) is 0 Å². The van der Waals surface area contributed by atoms with E-state index in [1.165, 1.54) is 35.2 Å². The Morgan fingerprint density at radius 1 is 1.00 bits per heavy atom. The topological polar surface area (TPSA) is 110 Å². The van der Waals surface area contributed by atoms with Gasteiger partial charge in [-0.2, -0.15) is 0 Å². The highest BCUT2D eigenvalue weighted by molar-refractivity contribution is 6.02. The number of rotatable bonds is 7. The zero-order chi connectivity index (χ0) is 21.7. The number of carbonyl (C=O) groups is 3. The monoisotopic (exact) mass is 410 g/mol. The molecule has 154 valence electrons. The number of phenols is 1. The fraction of sp³-hybridized carbons (Fsp3) is 0.136. The molecule has 0 aliphatic carbocycles. The molecule has 8 heteroatoms. The number of nitrogens with two attached hydrogens (primary N) is 1. The summed E-state index contributed by atoms with van der Waals surface area (Å²) in [7, 11) is 0. The van der Waals surface area contributed by atoms with Crippen LogP contribution in [0.15, 0.2) is 60.7 Å². The molecule has 3 rings (SSSR count). The molecule has 7 nitrogen and oxygen atoms in total. The summed E-state index contributed by atoms with van der Waals surface area (Å²) in [5.41, 5.74) is 5.40. The van der Waals surface area contributed by atoms with Crippen LogP contribution in [0, 0.1) is 5.82 Å². The van der Waals surface area contributed by atoms with Crippen LogP contribution in [-0.4, -0.2) is 36.0 Å². The van der Waals surface area contributed by atoms with Gasteiger partial charge < -0.3 is 20.5 Å². The molecular formula is C22H19FN2O5. The SMILES string of the molecule is NC(=O)CCN(C(=O)COC(=O)c1ccc2ccccc2c1O)c1ccc(F)cc1. The fourth-order valence-corrected chi connectivity index (χ4v) is 2.94. The van der Waals surface area contributed by atoms with Gasteiger partial charge >= 0.3 is 5.97 Å². The molecule has 0 aromatic heterocycles. The lowest BCUT2D eigenvalue weighted by molar-refractivity contribution is -0.121. The fourth-order valence-electron chi connectivity index (χ4n) is 2.94. The second-order valence-electron chi connectivity index (χ2n) is 6.50. The number of fused-ring (bicyclic) bond motifs is 1. The van der Waals surface area contributed by atoms with Gasteiger partial charge in [-0.3, -0.25) is 9.59 Å². The Morgan fingerprint density at radius 3 is 2.40 bits per heavy atom. The molecular weight excluding hydrogens is 391 g/mol. The van der Waals surface area contributed by atoms with E-state index >= 15 is 0 Å². The van der Waals surface area contributed by atoms with Gasteiger partial charge in [0, 0.05) is 24.0 Å². The molecule has 0 bridgehead atoms. The minimum absolute atomic E-state index is 0.0570. The maximum Gasteiger partial charge on any atom is 0.342 e. The highest BCUT2D eigenvalue weighted by Gasteiger charge is 2.21. The van der Waals surface area contributed by atoms with Crippen LogP contribution in [0.5, 0.6) is 5.75 Å². The maximum atomic E-state index is 13.2. The number of esters is 1. The van der Waals surface area contributed by atoms with Crippen molar-refractivity contribution < 1.29 is 28.6 Å². The van der Waals surface area contributed by atoms with Gasteiger partial charge in [0.15, 0.2) is 6.61 Å². The summed E-state index contributed by atoms with van der Waals surface area (Å²) in [5, 5.41) is 11.6. The van der Waals surface area contributed by atoms with Gasteiger partial charge in [-0.05, 0) is 35.7 Å². The molecule has 0 fully saturated rings. The lowest BCUT2D eigenvalue weighted by Gasteiger charge is -2.22. The van der Waals surface area contributed by atoms with Crippen molar-refractivity contribution in [1.82, 2.24) is 0 Å². The molecule has 30 heavy (non-hydrogen) atoms. The first-order chi connectivity index (χ1) is 14.4.